The predicted molar refractivity (Wildman–Crippen MR) is 59.1 cm³/mol. The Morgan fingerprint density at radius 3 is 2.56 bits per heavy atom. The summed E-state index contributed by atoms with van der Waals surface area (Å²) in [5, 5.41) is 19.8. The Hall–Kier alpha value is -1.56. The van der Waals surface area contributed by atoms with Crippen molar-refractivity contribution in [3.8, 4) is 0 Å². The van der Waals surface area contributed by atoms with E-state index in [9.17, 15) is 9.59 Å². The summed E-state index contributed by atoms with van der Waals surface area (Å²) in [4.78, 5) is 23.7. The van der Waals surface area contributed by atoms with Crippen molar-refractivity contribution >= 4 is 12.0 Å². The van der Waals surface area contributed by atoms with E-state index in [2.05, 4.69) is 11.9 Å². The molecule has 0 aromatic rings. The van der Waals surface area contributed by atoms with Crippen molar-refractivity contribution in [2.75, 3.05) is 19.7 Å². The minimum Gasteiger partial charge on any atom is -0.480 e. The number of carboxylic acids is 1. The number of carbonyl (C=O) groups is 2. The maximum atomic E-state index is 11.6. The minimum absolute atomic E-state index is 0.00723. The van der Waals surface area contributed by atoms with Crippen LogP contribution in [0.4, 0.5) is 4.79 Å². The molecule has 0 aliphatic carbocycles. The average Bonchev–Trinajstić information content (AvgIpc) is 2.24. The number of aliphatic carboxylic acids is 1. The number of carboxylic acid groups (broad SMARTS) is 1. The molecule has 0 bridgehead atoms. The Balaban J connectivity index is 4.36. The van der Waals surface area contributed by atoms with E-state index in [0.29, 0.717) is 13.1 Å². The van der Waals surface area contributed by atoms with Gasteiger partial charge in [-0.3, -0.25) is 0 Å². The summed E-state index contributed by atoms with van der Waals surface area (Å²) >= 11 is 0. The van der Waals surface area contributed by atoms with Crippen LogP contribution >= 0.6 is 0 Å². The summed E-state index contributed by atoms with van der Waals surface area (Å²) in [5.74, 6) is -1.16. The van der Waals surface area contributed by atoms with Gasteiger partial charge in [0.05, 0.1) is 0 Å². The monoisotopic (exact) mass is 230 g/mol. The second kappa shape index (κ2) is 7.70. The summed E-state index contributed by atoms with van der Waals surface area (Å²) in [6.07, 6.45) is 1.55. The zero-order valence-electron chi connectivity index (χ0n) is 9.35. The van der Waals surface area contributed by atoms with E-state index in [4.69, 9.17) is 10.2 Å². The molecule has 1 atom stereocenters. The maximum absolute atomic E-state index is 11.6. The molecule has 0 saturated heterocycles. The van der Waals surface area contributed by atoms with Crippen molar-refractivity contribution in [2.24, 2.45) is 0 Å². The lowest BCUT2D eigenvalue weighted by atomic mass is 10.2. The molecule has 3 N–H and O–H groups in total. The van der Waals surface area contributed by atoms with Crippen molar-refractivity contribution < 1.29 is 19.8 Å². The van der Waals surface area contributed by atoms with Crippen LogP contribution in [-0.4, -0.2) is 52.9 Å². The molecule has 6 heteroatoms. The summed E-state index contributed by atoms with van der Waals surface area (Å²) in [7, 11) is 0. The van der Waals surface area contributed by atoms with Crippen LogP contribution in [0.2, 0.25) is 0 Å². The van der Waals surface area contributed by atoms with Crippen molar-refractivity contribution in [1.82, 2.24) is 10.2 Å². The molecular formula is C10H18N2O4. The lowest BCUT2D eigenvalue weighted by molar-refractivity contribution is -0.139. The quantitative estimate of drug-likeness (QED) is 0.539. The number of urea groups is 1. The minimum atomic E-state index is -1.16. The number of nitrogens with one attached hydrogen (secondary N) is 1. The van der Waals surface area contributed by atoms with Gasteiger partial charge in [-0.15, -0.1) is 6.58 Å². The smallest absolute Gasteiger partial charge is 0.326 e. The SMILES string of the molecule is C=CCN(CC)C(=O)N[C@@H](CCO)C(=O)O. The van der Waals surface area contributed by atoms with Gasteiger partial charge in [0.25, 0.3) is 0 Å². The first-order valence-corrected chi connectivity index (χ1v) is 5.06. The summed E-state index contributed by atoms with van der Waals surface area (Å²) in [5.41, 5.74) is 0. The van der Waals surface area contributed by atoms with Gasteiger partial charge in [0.15, 0.2) is 0 Å². The Morgan fingerprint density at radius 2 is 2.19 bits per heavy atom. The van der Waals surface area contributed by atoms with Gasteiger partial charge >= 0.3 is 12.0 Å². The molecule has 92 valence electrons. The third-order valence-corrected chi connectivity index (χ3v) is 2.03. The van der Waals surface area contributed by atoms with Gasteiger partial charge in [-0.2, -0.15) is 0 Å². The molecule has 0 rings (SSSR count). The second-order valence-electron chi connectivity index (χ2n) is 3.18. The van der Waals surface area contributed by atoms with Crippen LogP contribution in [-0.2, 0) is 4.79 Å². The average molecular weight is 230 g/mol. The second-order valence-corrected chi connectivity index (χ2v) is 3.18. The van der Waals surface area contributed by atoms with Gasteiger partial charge in [-0.25, -0.2) is 9.59 Å². The van der Waals surface area contributed by atoms with Gasteiger partial charge in [0.2, 0.25) is 0 Å². The summed E-state index contributed by atoms with van der Waals surface area (Å²) in [6, 6.07) is -1.53. The highest BCUT2D eigenvalue weighted by Crippen LogP contribution is 1.96. The molecule has 6 nitrogen and oxygen atoms in total. The van der Waals surface area contributed by atoms with Crippen molar-refractivity contribution in [3.63, 3.8) is 0 Å². The topological polar surface area (TPSA) is 89.9 Å². The maximum Gasteiger partial charge on any atom is 0.326 e. The van der Waals surface area contributed by atoms with E-state index >= 15 is 0 Å². The molecule has 0 radical (unpaired) electrons. The zero-order chi connectivity index (χ0) is 12.6. The van der Waals surface area contributed by atoms with Crippen LogP contribution in [0.1, 0.15) is 13.3 Å². The van der Waals surface area contributed by atoms with Crippen molar-refractivity contribution in [1.29, 1.82) is 0 Å². The number of amides is 2. The van der Waals surface area contributed by atoms with Crippen molar-refractivity contribution in [3.05, 3.63) is 12.7 Å². The van der Waals surface area contributed by atoms with Crippen LogP contribution in [0.15, 0.2) is 12.7 Å². The molecule has 0 aliphatic rings. The first-order chi connectivity index (χ1) is 7.56. The number of hydrogen-bond donors (Lipinski definition) is 3. The Bertz CT molecular complexity index is 255. The molecule has 0 fully saturated rings. The molecule has 0 spiro atoms. The van der Waals surface area contributed by atoms with Gasteiger partial charge in [0.1, 0.15) is 6.04 Å². The zero-order valence-corrected chi connectivity index (χ0v) is 9.35. The van der Waals surface area contributed by atoms with E-state index < -0.39 is 18.0 Å². The highest BCUT2D eigenvalue weighted by atomic mass is 16.4. The number of likely N-dealkylation sites (N-methyl/N-ethyl adjacent to an activating group) is 1. The number of nitrogens with zero attached hydrogens (tertiary/aromatic N) is 1. The molecule has 0 aromatic carbocycles. The predicted octanol–water partition coefficient (Wildman–Crippen LogP) is 0.0395. The normalized spacial score (nSPS) is 11.6. The molecule has 2 amide bonds. The fourth-order valence-corrected chi connectivity index (χ4v) is 1.14. The summed E-state index contributed by atoms with van der Waals surface area (Å²) < 4.78 is 0. The highest BCUT2D eigenvalue weighted by molar-refractivity contribution is 5.82. The molecular weight excluding hydrogens is 212 g/mol. The number of carbonyl (C=O) groups excluding carboxylic acids is 1. The van der Waals surface area contributed by atoms with Crippen LogP contribution in [0.5, 0.6) is 0 Å². The highest BCUT2D eigenvalue weighted by Gasteiger charge is 2.21. The van der Waals surface area contributed by atoms with E-state index in [1.54, 1.807) is 13.0 Å². The van der Waals surface area contributed by atoms with Crippen LogP contribution < -0.4 is 5.32 Å². The number of aliphatic hydroxyl groups excluding tert-OH is 1. The van der Waals surface area contributed by atoms with E-state index in [1.807, 2.05) is 0 Å². The molecule has 0 heterocycles. The number of hydrogen-bond acceptors (Lipinski definition) is 3. The van der Waals surface area contributed by atoms with Crippen LogP contribution in [0, 0.1) is 0 Å². The molecule has 0 aromatic heterocycles. The standard InChI is InChI=1S/C10H18N2O4/c1-3-6-12(4-2)10(16)11-8(5-7-13)9(14)15/h3,8,13H,1,4-7H2,2H3,(H,11,16)(H,14,15)/t8-/m0/s1. The summed E-state index contributed by atoms with van der Waals surface area (Å²) in [6.45, 7) is 5.82. The first kappa shape index (κ1) is 14.4. The van der Waals surface area contributed by atoms with Crippen LogP contribution in [0.3, 0.4) is 0 Å². The Kier molecular flexibility index (Phi) is 6.95. The fraction of sp³-hybridized carbons (Fsp3) is 0.600. The number of rotatable bonds is 7. The fourth-order valence-electron chi connectivity index (χ4n) is 1.14. The lowest BCUT2D eigenvalue weighted by Crippen LogP contribution is -2.48. The first-order valence-electron chi connectivity index (χ1n) is 5.06. The van der Waals surface area contributed by atoms with E-state index in [0.717, 1.165) is 0 Å². The van der Waals surface area contributed by atoms with E-state index in [-0.39, 0.29) is 13.0 Å². The van der Waals surface area contributed by atoms with Gasteiger partial charge in [-0.1, -0.05) is 6.08 Å². The largest absolute Gasteiger partial charge is 0.480 e. The molecule has 0 saturated carbocycles. The lowest BCUT2D eigenvalue weighted by Gasteiger charge is -2.22. The van der Waals surface area contributed by atoms with Gasteiger partial charge < -0.3 is 20.4 Å². The third kappa shape index (κ3) is 4.79. The van der Waals surface area contributed by atoms with Crippen molar-refractivity contribution in [2.45, 2.75) is 19.4 Å². The molecule has 0 aliphatic heterocycles. The third-order valence-electron chi connectivity index (χ3n) is 2.03. The van der Waals surface area contributed by atoms with E-state index in [1.165, 1.54) is 4.90 Å². The van der Waals surface area contributed by atoms with Gasteiger partial charge in [-0.05, 0) is 6.92 Å². The molecule has 0 unspecified atom stereocenters. The Morgan fingerprint density at radius 1 is 1.56 bits per heavy atom. The molecule has 16 heavy (non-hydrogen) atoms. The Labute approximate surface area is 94.6 Å². The number of aliphatic hydroxyl groups is 1. The van der Waals surface area contributed by atoms with Gasteiger partial charge in [0, 0.05) is 26.1 Å². The van der Waals surface area contributed by atoms with Crippen LogP contribution in [0.25, 0.3) is 0 Å².